The van der Waals surface area contributed by atoms with Crippen molar-refractivity contribution >= 4 is 23.9 Å². The molecule has 11 heteroatoms. The molecule has 0 aromatic heterocycles. The normalized spacial score (nSPS) is 27.7. The van der Waals surface area contributed by atoms with Crippen molar-refractivity contribution in [1.29, 1.82) is 0 Å². The van der Waals surface area contributed by atoms with E-state index in [0.29, 0.717) is 6.42 Å². The van der Waals surface area contributed by atoms with Crippen LogP contribution in [0.2, 0.25) is 0 Å². The molecule has 0 spiro atoms. The summed E-state index contributed by atoms with van der Waals surface area (Å²) in [5, 5.41) is 27.5. The summed E-state index contributed by atoms with van der Waals surface area (Å²) in [4.78, 5) is 51.3. The van der Waals surface area contributed by atoms with E-state index in [1.54, 1.807) is 51.1 Å². The lowest BCUT2D eigenvalue weighted by Crippen LogP contribution is -2.61. The lowest BCUT2D eigenvalue weighted by atomic mass is 9.78. The molecule has 11 nitrogen and oxygen atoms in total. The molecule has 1 unspecified atom stereocenters. The first kappa shape index (κ1) is 31.1. The number of rotatable bonds is 5. The maximum atomic E-state index is 13.4. The first-order chi connectivity index (χ1) is 18.9. The number of amides is 2. The third-order valence-corrected chi connectivity index (χ3v) is 6.62. The van der Waals surface area contributed by atoms with Gasteiger partial charge in [0.2, 0.25) is 0 Å². The van der Waals surface area contributed by atoms with Crippen molar-refractivity contribution in [2.75, 3.05) is 6.54 Å². The molecule has 1 aromatic carbocycles. The van der Waals surface area contributed by atoms with E-state index in [-0.39, 0.29) is 25.8 Å². The van der Waals surface area contributed by atoms with Gasteiger partial charge in [0.05, 0.1) is 0 Å². The summed E-state index contributed by atoms with van der Waals surface area (Å²) in [5.41, 5.74) is -2.18. The molecule has 4 N–H and O–H groups in total. The summed E-state index contributed by atoms with van der Waals surface area (Å²) in [5.74, 6) is -2.24. The van der Waals surface area contributed by atoms with Crippen LogP contribution in [0.15, 0.2) is 42.5 Å². The second-order valence-corrected chi connectivity index (χ2v) is 11.2. The standard InChI is InChI=1S/C29H40N2O9/c1-28(2,3)40-27(36)31-20(16-19-12-8-7-9-13-19)25(34)39-22-18-29(37)17-21(24(22)33)38-23(32)14-10-5-4-6-11-15-30-26(29)35/h6-9,11-13,20-22,24,33,37H,4-5,10,14-18H2,1-3H3,(H,30,35)(H,31,36)/b11-6-/t20?,21-,22-,24+,29-/m1/s1. The molecule has 1 fully saturated rings. The van der Waals surface area contributed by atoms with Crippen molar-refractivity contribution in [1.82, 2.24) is 10.6 Å². The van der Waals surface area contributed by atoms with Crippen LogP contribution in [0, 0.1) is 0 Å². The number of alkyl carbamates (subject to hydrolysis) is 1. The van der Waals surface area contributed by atoms with Crippen LogP contribution in [-0.2, 0) is 35.0 Å². The van der Waals surface area contributed by atoms with Gasteiger partial charge in [-0.25, -0.2) is 9.59 Å². The smallest absolute Gasteiger partial charge is 0.408 e. The molecule has 2 bridgehead atoms. The van der Waals surface area contributed by atoms with Crippen LogP contribution < -0.4 is 10.6 Å². The summed E-state index contributed by atoms with van der Waals surface area (Å²) in [6.07, 6.45) is -0.0276. The van der Waals surface area contributed by atoms with Crippen molar-refractivity contribution in [3.8, 4) is 0 Å². The Hall–Kier alpha value is -3.44. The molecule has 1 aliphatic heterocycles. The molecule has 1 saturated carbocycles. The Labute approximate surface area is 234 Å². The van der Waals surface area contributed by atoms with Gasteiger partial charge in [-0.05, 0) is 45.6 Å². The zero-order valence-corrected chi connectivity index (χ0v) is 23.3. The van der Waals surface area contributed by atoms with Crippen LogP contribution >= 0.6 is 0 Å². The van der Waals surface area contributed by atoms with E-state index in [1.807, 2.05) is 12.1 Å². The highest BCUT2D eigenvalue weighted by Gasteiger charge is 2.52. The number of fused-ring (bicyclic) bond motifs is 2. The number of hydrogen-bond donors (Lipinski definition) is 4. The van der Waals surface area contributed by atoms with Gasteiger partial charge in [-0.3, -0.25) is 9.59 Å². The first-order valence-electron chi connectivity index (χ1n) is 13.6. The number of hydrogen-bond acceptors (Lipinski definition) is 9. The first-order valence-corrected chi connectivity index (χ1v) is 13.6. The van der Waals surface area contributed by atoms with Gasteiger partial charge < -0.3 is 35.1 Å². The molecule has 0 saturated heterocycles. The van der Waals surface area contributed by atoms with E-state index in [9.17, 15) is 29.4 Å². The van der Waals surface area contributed by atoms with Crippen LogP contribution in [-0.4, -0.2) is 76.3 Å². The van der Waals surface area contributed by atoms with Crippen LogP contribution in [0.5, 0.6) is 0 Å². The largest absolute Gasteiger partial charge is 0.459 e. The fraction of sp³-hybridized carbons (Fsp3) is 0.586. The third kappa shape index (κ3) is 9.34. The molecule has 3 rings (SSSR count). The Morgan fingerprint density at radius 3 is 2.58 bits per heavy atom. The number of esters is 2. The van der Waals surface area contributed by atoms with Crippen molar-refractivity contribution in [2.24, 2.45) is 0 Å². The molecular weight excluding hydrogens is 520 g/mol. The second kappa shape index (κ2) is 13.8. The van der Waals surface area contributed by atoms with Gasteiger partial charge in [0.25, 0.3) is 5.91 Å². The molecule has 1 heterocycles. The zero-order valence-electron chi connectivity index (χ0n) is 23.3. The summed E-state index contributed by atoms with van der Waals surface area (Å²) >= 11 is 0. The SMILES string of the molecule is CC(C)(C)OC(=O)NC(Cc1ccccc1)C(=O)O[C@@H]1C[C@]2(O)C[C@@H](OC(=O)CCCC/C=C\CNC2=O)[C@@H]1O. The average Bonchev–Trinajstić information content (AvgIpc) is 2.87. The van der Waals surface area contributed by atoms with Gasteiger partial charge in [0.15, 0.2) is 0 Å². The number of carbonyl (C=O) groups is 4. The maximum absolute atomic E-state index is 13.4. The molecule has 220 valence electrons. The highest BCUT2D eigenvalue weighted by molar-refractivity contribution is 5.86. The van der Waals surface area contributed by atoms with E-state index in [2.05, 4.69) is 10.6 Å². The Bertz CT molecular complexity index is 1070. The number of benzene rings is 1. The number of ether oxygens (including phenoxy) is 3. The molecule has 40 heavy (non-hydrogen) atoms. The lowest BCUT2D eigenvalue weighted by Gasteiger charge is -2.42. The minimum absolute atomic E-state index is 0.0528. The highest BCUT2D eigenvalue weighted by atomic mass is 16.6. The summed E-state index contributed by atoms with van der Waals surface area (Å²) in [6, 6.07) is 7.70. The predicted octanol–water partition coefficient (Wildman–Crippen LogP) is 2.08. The fourth-order valence-electron chi connectivity index (χ4n) is 4.64. The minimum Gasteiger partial charge on any atom is -0.459 e. The summed E-state index contributed by atoms with van der Waals surface area (Å²) in [6.45, 7) is 5.22. The van der Waals surface area contributed by atoms with E-state index in [4.69, 9.17) is 14.2 Å². The number of aliphatic hydroxyl groups excluding tert-OH is 1. The lowest BCUT2D eigenvalue weighted by molar-refractivity contribution is -0.201. The van der Waals surface area contributed by atoms with Crippen LogP contribution in [0.3, 0.4) is 0 Å². The van der Waals surface area contributed by atoms with E-state index in [0.717, 1.165) is 18.4 Å². The average molecular weight is 561 g/mol. The number of allylic oxidation sites excluding steroid dienone is 1. The summed E-state index contributed by atoms with van der Waals surface area (Å²) in [7, 11) is 0. The molecule has 0 radical (unpaired) electrons. The number of carbonyl (C=O) groups excluding carboxylic acids is 4. The van der Waals surface area contributed by atoms with E-state index >= 15 is 0 Å². The van der Waals surface area contributed by atoms with Crippen molar-refractivity contribution in [3.63, 3.8) is 0 Å². The van der Waals surface area contributed by atoms with E-state index < -0.39 is 65.9 Å². The Balaban J connectivity index is 1.83. The maximum Gasteiger partial charge on any atom is 0.408 e. The highest BCUT2D eigenvalue weighted by Crippen LogP contribution is 2.34. The topological polar surface area (TPSA) is 160 Å². The molecule has 2 aliphatic rings. The third-order valence-electron chi connectivity index (χ3n) is 6.62. The van der Waals surface area contributed by atoms with E-state index in [1.165, 1.54) is 0 Å². The van der Waals surface area contributed by atoms with Gasteiger partial charge in [0, 0.05) is 32.2 Å². The van der Waals surface area contributed by atoms with Crippen LogP contribution in [0.25, 0.3) is 0 Å². The van der Waals surface area contributed by atoms with Gasteiger partial charge >= 0.3 is 18.0 Å². The molecule has 1 aliphatic carbocycles. The van der Waals surface area contributed by atoms with Crippen LogP contribution in [0.1, 0.15) is 64.9 Å². The van der Waals surface area contributed by atoms with Crippen molar-refractivity contribution in [2.45, 2.75) is 101 Å². The molecule has 1 aromatic rings. The van der Waals surface area contributed by atoms with Crippen molar-refractivity contribution in [3.05, 3.63) is 48.0 Å². The van der Waals surface area contributed by atoms with Crippen molar-refractivity contribution < 1.29 is 43.6 Å². The number of aliphatic hydroxyl groups is 2. The minimum atomic E-state index is -2.08. The second-order valence-electron chi connectivity index (χ2n) is 11.2. The summed E-state index contributed by atoms with van der Waals surface area (Å²) < 4.78 is 16.4. The van der Waals surface area contributed by atoms with Gasteiger partial charge in [-0.15, -0.1) is 0 Å². The zero-order chi connectivity index (χ0) is 29.3. The Morgan fingerprint density at radius 2 is 1.88 bits per heavy atom. The van der Waals surface area contributed by atoms with Gasteiger partial charge in [-0.2, -0.15) is 0 Å². The Kier molecular flexibility index (Phi) is 10.7. The predicted molar refractivity (Wildman–Crippen MR) is 144 cm³/mol. The van der Waals surface area contributed by atoms with Gasteiger partial charge in [-0.1, -0.05) is 42.5 Å². The molecular formula is C29H40N2O9. The fourth-order valence-corrected chi connectivity index (χ4v) is 4.64. The van der Waals surface area contributed by atoms with Crippen LogP contribution in [0.4, 0.5) is 4.79 Å². The molecule has 5 atom stereocenters. The number of nitrogens with one attached hydrogen (secondary N) is 2. The van der Waals surface area contributed by atoms with Gasteiger partial charge in [0.1, 0.15) is 35.6 Å². The monoisotopic (exact) mass is 560 g/mol. The Morgan fingerprint density at radius 1 is 1.15 bits per heavy atom. The molecule has 2 amide bonds. The quantitative estimate of drug-likeness (QED) is 0.240.